The van der Waals surface area contributed by atoms with E-state index >= 15 is 0 Å². The molecule has 0 fully saturated rings. The second kappa shape index (κ2) is 9.73. The van der Waals surface area contributed by atoms with Gasteiger partial charge in [-0.1, -0.05) is 18.2 Å². The summed E-state index contributed by atoms with van der Waals surface area (Å²) in [5.41, 5.74) is 5.39. The maximum absolute atomic E-state index is 13.0. The standard InChI is InChI=1S/C27H27N7O3/c1-16-7-6-8-21(18(16)3)33-26-20(14-30-33)27(29-15-28-26)34-24(11-17(2)32-34)31-25(35)13-19-9-10-22(36-4)23(12-19)37-5/h6-12,14-15H,13H2,1-5H3,(H,31,35). The Bertz CT molecular complexity index is 1620. The zero-order valence-electron chi connectivity index (χ0n) is 21.3. The fourth-order valence-corrected chi connectivity index (χ4v) is 4.25. The lowest BCUT2D eigenvalue weighted by molar-refractivity contribution is -0.115. The minimum absolute atomic E-state index is 0.147. The molecule has 0 radical (unpaired) electrons. The minimum atomic E-state index is -0.204. The molecule has 0 bridgehead atoms. The quantitative estimate of drug-likeness (QED) is 0.360. The first-order chi connectivity index (χ1) is 17.9. The predicted molar refractivity (Wildman–Crippen MR) is 140 cm³/mol. The van der Waals surface area contributed by atoms with E-state index in [1.165, 1.54) is 6.33 Å². The van der Waals surface area contributed by atoms with Crippen LogP contribution in [0, 0.1) is 20.8 Å². The van der Waals surface area contributed by atoms with E-state index in [0.29, 0.717) is 34.2 Å². The highest BCUT2D eigenvalue weighted by atomic mass is 16.5. The smallest absolute Gasteiger partial charge is 0.229 e. The van der Waals surface area contributed by atoms with Crippen molar-refractivity contribution in [1.29, 1.82) is 0 Å². The van der Waals surface area contributed by atoms with E-state index in [9.17, 15) is 4.79 Å². The van der Waals surface area contributed by atoms with Crippen molar-refractivity contribution in [3.63, 3.8) is 0 Å². The van der Waals surface area contributed by atoms with E-state index in [-0.39, 0.29) is 12.3 Å². The number of carbonyl (C=O) groups is 1. The summed E-state index contributed by atoms with van der Waals surface area (Å²) in [6.45, 7) is 5.98. The van der Waals surface area contributed by atoms with Crippen molar-refractivity contribution in [1.82, 2.24) is 29.5 Å². The number of carbonyl (C=O) groups excluding carboxylic acids is 1. The van der Waals surface area contributed by atoms with Crippen LogP contribution < -0.4 is 14.8 Å². The van der Waals surface area contributed by atoms with E-state index in [1.54, 1.807) is 48.0 Å². The van der Waals surface area contributed by atoms with Gasteiger partial charge in [-0.05, 0) is 55.7 Å². The molecule has 0 saturated heterocycles. The van der Waals surface area contributed by atoms with Gasteiger partial charge in [-0.25, -0.2) is 14.6 Å². The summed E-state index contributed by atoms with van der Waals surface area (Å²) >= 11 is 0. The monoisotopic (exact) mass is 497 g/mol. The molecule has 1 N–H and O–H groups in total. The summed E-state index contributed by atoms with van der Waals surface area (Å²) in [5.74, 6) is 2.00. The van der Waals surface area contributed by atoms with Gasteiger partial charge in [-0.2, -0.15) is 14.9 Å². The summed E-state index contributed by atoms with van der Waals surface area (Å²) in [4.78, 5) is 22.0. The molecule has 188 valence electrons. The van der Waals surface area contributed by atoms with Gasteiger partial charge in [0.25, 0.3) is 0 Å². The lowest BCUT2D eigenvalue weighted by atomic mass is 10.1. The Labute approximate surface area is 213 Å². The molecular weight excluding hydrogens is 470 g/mol. The van der Waals surface area contributed by atoms with Crippen molar-refractivity contribution in [2.45, 2.75) is 27.2 Å². The van der Waals surface area contributed by atoms with Crippen molar-refractivity contribution >= 4 is 22.8 Å². The van der Waals surface area contributed by atoms with Gasteiger partial charge in [0.2, 0.25) is 5.91 Å². The van der Waals surface area contributed by atoms with Crippen LogP contribution in [0.2, 0.25) is 0 Å². The lowest BCUT2D eigenvalue weighted by Gasteiger charge is -2.11. The molecule has 2 aromatic carbocycles. The molecule has 0 saturated carbocycles. The van der Waals surface area contributed by atoms with E-state index in [0.717, 1.165) is 28.1 Å². The maximum atomic E-state index is 13.0. The third-order valence-corrected chi connectivity index (χ3v) is 6.26. The number of fused-ring (bicyclic) bond motifs is 1. The van der Waals surface area contributed by atoms with Gasteiger partial charge in [-0.3, -0.25) is 4.79 Å². The van der Waals surface area contributed by atoms with Crippen LogP contribution >= 0.6 is 0 Å². The van der Waals surface area contributed by atoms with Crippen LogP contribution in [0.3, 0.4) is 0 Å². The molecule has 0 unspecified atom stereocenters. The van der Waals surface area contributed by atoms with Crippen molar-refractivity contribution in [2.75, 3.05) is 19.5 Å². The van der Waals surface area contributed by atoms with Gasteiger partial charge in [-0.15, -0.1) is 0 Å². The minimum Gasteiger partial charge on any atom is -0.493 e. The number of anilines is 1. The molecule has 1 amide bonds. The van der Waals surface area contributed by atoms with Gasteiger partial charge in [0.1, 0.15) is 12.1 Å². The Morgan fingerprint density at radius 2 is 1.78 bits per heavy atom. The number of amides is 1. The Hall–Kier alpha value is -4.73. The van der Waals surface area contributed by atoms with Crippen LogP contribution in [0.25, 0.3) is 22.5 Å². The van der Waals surface area contributed by atoms with Gasteiger partial charge in [0.05, 0.1) is 43.6 Å². The summed E-state index contributed by atoms with van der Waals surface area (Å²) in [6.07, 6.45) is 3.35. The highest BCUT2D eigenvalue weighted by molar-refractivity contribution is 5.92. The fraction of sp³-hybridized carbons (Fsp3) is 0.222. The molecule has 10 heteroatoms. The number of benzene rings is 2. The zero-order valence-corrected chi connectivity index (χ0v) is 21.3. The van der Waals surface area contributed by atoms with Gasteiger partial charge >= 0.3 is 0 Å². The van der Waals surface area contributed by atoms with E-state index < -0.39 is 0 Å². The molecular formula is C27H27N7O3. The number of rotatable bonds is 7. The molecule has 5 rings (SSSR count). The Morgan fingerprint density at radius 3 is 2.57 bits per heavy atom. The molecule has 0 spiro atoms. The van der Waals surface area contributed by atoms with Gasteiger partial charge < -0.3 is 14.8 Å². The third kappa shape index (κ3) is 4.49. The SMILES string of the molecule is COc1ccc(CC(=O)Nc2cc(C)nn2-c2ncnc3c2cnn3-c2cccc(C)c2C)cc1OC. The summed E-state index contributed by atoms with van der Waals surface area (Å²) in [5, 5.41) is 12.9. The van der Waals surface area contributed by atoms with Gasteiger partial charge in [0, 0.05) is 6.07 Å². The molecule has 5 aromatic rings. The fourth-order valence-electron chi connectivity index (χ4n) is 4.25. The van der Waals surface area contributed by atoms with Crippen molar-refractivity contribution in [3.05, 3.63) is 77.4 Å². The Balaban J connectivity index is 1.47. The first kappa shape index (κ1) is 24.0. The topological polar surface area (TPSA) is 109 Å². The number of methoxy groups -OCH3 is 2. The highest BCUT2D eigenvalue weighted by Gasteiger charge is 2.19. The zero-order chi connectivity index (χ0) is 26.1. The van der Waals surface area contributed by atoms with E-state index in [1.807, 2.05) is 25.1 Å². The normalized spacial score (nSPS) is 11.1. The van der Waals surface area contributed by atoms with Gasteiger partial charge in [0.15, 0.2) is 23.0 Å². The van der Waals surface area contributed by atoms with Crippen LogP contribution in [0.4, 0.5) is 5.82 Å². The Kier molecular flexibility index (Phi) is 6.31. The van der Waals surface area contributed by atoms with Crippen LogP contribution in [0.5, 0.6) is 11.5 Å². The maximum Gasteiger partial charge on any atom is 0.229 e. The average Bonchev–Trinajstić information content (AvgIpc) is 3.48. The first-order valence-corrected chi connectivity index (χ1v) is 11.7. The third-order valence-electron chi connectivity index (χ3n) is 6.26. The lowest BCUT2D eigenvalue weighted by Crippen LogP contribution is -2.17. The average molecular weight is 498 g/mol. The van der Waals surface area contributed by atoms with Crippen molar-refractivity contribution < 1.29 is 14.3 Å². The summed E-state index contributed by atoms with van der Waals surface area (Å²) in [7, 11) is 3.14. The number of hydrogen-bond acceptors (Lipinski definition) is 7. The highest BCUT2D eigenvalue weighted by Crippen LogP contribution is 2.29. The summed E-state index contributed by atoms with van der Waals surface area (Å²) in [6, 6.07) is 13.3. The number of ether oxygens (including phenoxy) is 2. The predicted octanol–water partition coefficient (Wildman–Crippen LogP) is 4.12. The first-order valence-electron chi connectivity index (χ1n) is 11.7. The number of hydrogen-bond donors (Lipinski definition) is 1. The van der Waals surface area contributed by atoms with Crippen LogP contribution in [-0.4, -0.2) is 49.7 Å². The molecule has 3 aromatic heterocycles. The number of nitrogens with zero attached hydrogens (tertiary/aromatic N) is 6. The molecule has 10 nitrogen and oxygen atoms in total. The number of aryl methyl sites for hydroxylation is 2. The van der Waals surface area contributed by atoms with Crippen molar-refractivity contribution in [2.24, 2.45) is 0 Å². The van der Waals surface area contributed by atoms with Crippen LogP contribution in [-0.2, 0) is 11.2 Å². The second-order valence-electron chi connectivity index (χ2n) is 8.71. The molecule has 0 aliphatic rings. The molecule has 0 aliphatic carbocycles. The van der Waals surface area contributed by atoms with Crippen LogP contribution in [0.1, 0.15) is 22.4 Å². The molecule has 3 heterocycles. The summed E-state index contributed by atoms with van der Waals surface area (Å²) < 4.78 is 14.0. The van der Waals surface area contributed by atoms with E-state index in [4.69, 9.17) is 9.47 Å². The van der Waals surface area contributed by atoms with Crippen molar-refractivity contribution in [3.8, 4) is 23.0 Å². The van der Waals surface area contributed by atoms with E-state index in [2.05, 4.69) is 45.4 Å². The molecule has 37 heavy (non-hydrogen) atoms. The number of nitrogens with one attached hydrogen (secondary N) is 1. The van der Waals surface area contributed by atoms with Crippen LogP contribution in [0.15, 0.2) is 55.0 Å². The Morgan fingerprint density at radius 1 is 0.973 bits per heavy atom. The molecule has 0 atom stereocenters. The second-order valence-corrected chi connectivity index (χ2v) is 8.71. The molecule has 0 aliphatic heterocycles. The number of aromatic nitrogens is 6. The largest absolute Gasteiger partial charge is 0.493 e.